The molecule has 30 heavy (non-hydrogen) atoms. The second-order valence-electron chi connectivity index (χ2n) is 10.0. The molecule has 4 aliphatic rings. The molecule has 0 aromatic heterocycles. The number of rotatable bonds is 3. The number of carboxylic acids is 1. The lowest BCUT2D eigenvalue weighted by atomic mass is 9.52. The highest BCUT2D eigenvalue weighted by molar-refractivity contribution is 5.95. The monoisotopic (exact) mass is 404 g/mol. The number of carboxylic acid groups (broad SMARTS) is 1. The third kappa shape index (κ3) is 2.75. The zero-order chi connectivity index (χ0) is 20.5. The molecule has 0 amide bonds. The molecular formula is C27H26O3. The van der Waals surface area contributed by atoms with Crippen LogP contribution in [0.5, 0.6) is 5.75 Å². The Morgan fingerprint density at radius 2 is 1.33 bits per heavy atom. The molecule has 3 aromatic carbocycles. The first-order valence-electron chi connectivity index (χ1n) is 11.1. The second kappa shape index (κ2) is 6.34. The van der Waals surface area contributed by atoms with Gasteiger partial charge in [0.25, 0.3) is 0 Å². The van der Waals surface area contributed by atoms with Crippen LogP contribution in [0.3, 0.4) is 0 Å². The summed E-state index contributed by atoms with van der Waals surface area (Å²) in [6, 6.07) is 17.5. The number of benzene rings is 3. The van der Waals surface area contributed by atoms with Crippen molar-refractivity contribution in [3.05, 3.63) is 65.7 Å². The van der Waals surface area contributed by atoms with Gasteiger partial charge < -0.3 is 10.2 Å². The molecular weight excluding hydrogens is 378 g/mol. The van der Waals surface area contributed by atoms with Crippen LogP contribution < -0.4 is 0 Å². The summed E-state index contributed by atoms with van der Waals surface area (Å²) >= 11 is 0. The SMILES string of the molecule is O=C(O)c1ccc2cc(-[13c]3[13cH][13cH][13c](O)[13c](C45CC6CC(CC(C6)C4)C5)[13cH]3)ccc2c1. The van der Waals surface area contributed by atoms with Gasteiger partial charge in [-0.1, -0.05) is 24.3 Å². The molecule has 4 bridgehead atoms. The van der Waals surface area contributed by atoms with Crippen LogP contribution in [-0.4, -0.2) is 16.2 Å². The van der Waals surface area contributed by atoms with Crippen molar-refractivity contribution in [3.63, 3.8) is 0 Å². The van der Waals surface area contributed by atoms with Gasteiger partial charge in [-0.25, -0.2) is 4.79 Å². The fraction of sp³-hybridized carbons (Fsp3) is 0.370. The van der Waals surface area contributed by atoms with Crippen LogP contribution in [0.2, 0.25) is 0 Å². The summed E-state index contributed by atoms with van der Waals surface area (Å²) in [6.45, 7) is 0. The molecule has 0 spiro atoms. The van der Waals surface area contributed by atoms with Gasteiger partial charge in [0.1, 0.15) is 5.75 Å². The Morgan fingerprint density at radius 3 is 2.00 bits per heavy atom. The Kier molecular flexibility index (Phi) is 3.80. The fourth-order valence-electron chi connectivity index (χ4n) is 7.14. The molecule has 0 radical (unpaired) electrons. The van der Waals surface area contributed by atoms with Crippen LogP contribution in [0.25, 0.3) is 21.9 Å². The molecule has 3 aromatic rings. The largest absolute Gasteiger partial charge is 0.508 e. The van der Waals surface area contributed by atoms with E-state index in [1.165, 1.54) is 38.5 Å². The van der Waals surface area contributed by atoms with E-state index in [0.717, 1.165) is 45.2 Å². The summed E-state index contributed by atoms with van der Waals surface area (Å²) in [5.74, 6) is 2.06. The van der Waals surface area contributed by atoms with Crippen LogP contribution in [0.1, 0.15) is 54.4 Å². The third-order valence-corrected chi connectivity index (χ3v) is 8.03. The number of fused-ring (bicyclic) bond motifs is 1. The highest BCUT2D eigenvalue weighted by Crippen LogP contribution is 2.62. The lowest BCUT2D eigenvalue weighted by Gasteiger charge is -2.57. The average molecular weight is 404 g/mol. The lowest BCUT2D eigenvalue weighted by molar-refractivity contribution is -0.00611. The van der Waals surface area contributed by atoms with E-state index in [-0.39, 0.29) is 5.41 Å². The third-order valence-electron chi connectivity index (χ3n) is 8.03. The van der Waals surface area contributed by atoms with Crippen LogP contribution in [0.15, 0.2) is 54.6 Å². The lowest BCUT2D eigenvalue weighted by Crippen LogP contribution is -2.48. The zero-order valence-corrected chi connectivity index (χ0v) is 17.0. The van der Waals surface area contributed by atoms with Crippen molar-refractivity contribution >= 4 is 16.7 Å². The maximum Gasteiger partial charge on any atom is 0.335 e. The van der Waals surface area contributed by atoms with Crippen LogP contribution in [0, 0.1) is 17.8 Å². The van der Waals surface area contributed by atoms with E-state index in [0.29, 0.717) is 11.3 Å². The highest BCUT2D eigenvalue weighted by atomic mass is 16.4. The Bertz CT molecular complexity index is 1140. The summed E-state index contributed by atoms with van der Waals surface area (Å²) in [4.78, 5) is 11.2. The standard InChI is InChI=1S/C27H26O3/c28-25-6-5-22(20-1-2-21-11-23(26(29)30)4-3-19(21)10-20)12-24(25)27-13-16-7-17(14-27)9-18(8-16)15-27/h1-6,10-12,16-18,28H,7-9,13-15H2,(H,29,30)/i5+1,6+1,12+1,22+1,24+1,25+1. The number of hydrogen-bond acceptors (Lipinski definition) is 2. The first-order chi connectivity index (χ1) is 14.5. The van der Waals surface area contributed by atoms with Crippen molar-refractivity contribution in [2.24, 2.45) is 17.8 Å². The molecule has 2 N–H and O–H groups in total. The normalized spacial score (nSPS) is 29.4. The number of phenolic OH excluding ortho intramolecular Hbond substituents is 1. The fourth-order valence-corrected chi connectivity index (χ4v) is 7.14. The minimum atomic E-state index is -0.903. The molecule has 152 valence electrons. The van der Waals surface area contributed by atoms with Gasteiger partial charge in [0.2, 0.25) is 0 Å². The number of hydrogen-bond donors (Lipinski definition) is 2. The number of aromatic carboxylic acids is 1. The molecule has 0 aliphatic heterocycles. The topological polar surface area (TPSA) is 57.5 Å². The molecule has 4 aliphatic carbocycles. The van der Waals surface area contributed by atoms with Crippen molar-refractivity contribution in [2.75, 3.05) is 0 Å². The molecule has 0 saturated heterocycles. The molecule has 0 atom stereocenters. The van der Waals surface area contributed by atoms with Crippen molar-refractivity contribution in [1.82, 2.24) is 0 Å². The maximum atomic E-state index is 11.2. The van der Waals surface area contributed by atoms with Crippen molar-refractivity contribution in [3.8, 4) is 16.9 Å². The molecule has 4 fully saturated rings. The van der Waals surface area contributed by atoms with Gasteiger partial charge >= 0.3 is 5.97 Å². The van der Waals surface area contributed by atoms with Gasteiger partial charge in [-0.3, -0.25) is 0 Å². The van der Waals surface area contributed by atoms with Gasteiger partial charge in [0, 0.05) is 5.56 Å². The van der Waals surface area contributed by atoms with Crippen LogP contribution in [0.4, 0.5) is 0 Å². The Hall–Kier alpha value is -2.81. The first kappa shape index (κ1) is 18.0. The first-order valence-corrected chi connectivity index (χ1v) is 11.1. The summed E-state index contributed by atoms with van der Waals surface area (Å²) < 4.78 is 0. The highest BCUT2D eigenvalue weighted by Gasteiger charge is 2.52. The molecule has 0 heterocycles. The predicted molar refractivity (Wildman–Crippen MR) is 118 cm³/mol. The zero-order valence-electron chi connectivity index (χ0n) is 17.0. The Morgan fingerprint density at radius 1 is 0.767 bits per heavy atom. The molecule has 4 saturated carbocycles. The van der Waals surface area contributed by atoms with Crippen molar-refractivity contribution < 1.29 is 15.0 Å². The van der Waals surface area contributed by atoms with E-state index < -0.39 is 5.97 Å². The minimum Gasteiger partial charge on any atom is -0.508 e. The average Bonchev–Trinajstić information content (AvgIpc) is 2.72. The maximum absolute atomic E-state index is 11.2. The van der Waals surface area contributed by atoms with E-state index in [4.69, 9.17) is 0 Å². The van der Waals surface area contributed by atoms with Crippen molar-refractivity contribution in [1.29, 1.82) is 0 Å². The summed E-state index contributed by atoms with van der Waals surface area (Å²) in [5, 5.41) is 22.0. The van der Waals surface area contributed by atoms with E-state index >= 15 is 0 Å². The molecule has 3 heteroatoms. The van der Waals surface area contributed by atoms with Crippen molar-refractivity contribution in [2.45, 2.75) is 43.9 Å². The quantitative estimate of drug-likeness (QED) is 0.533. The predicted octanol–water partition coefficient (Wildman–Crippen LogP) is 6.38. The van der Waals surface area contributed by atoms with Gasteiger partial charge in [0.05, 0.1) is 5.56 Å². The molecule has 7 rings (SSSR count). The summed E-state index contributed by atoms with van der Waals surface area (Å²) in [6.07, 6.45) is 7.86. The summed E-state index contributed by atoms with van der Waals surface area (Å²) in [7, 11) is 0. The van der Waals surface area contributed by atoms with Crippen LogP contribution >= 0.6 is 0 Å². The summed E-state index contributed by atoms with van der Waals surface area (Å²) in [5.41, 5.74) is 3.85. The van der Waals surface area contributed by atoms with E-state index in [2.05, 4.69) is 18.2 Å². The van der Waals surface area contributed by atoms with E-state index in [1.54, 1.807) is 12.1 Å². The smallest absolute Gasteiger partial charge is 0.335 e. The van der Waals surface area contributed by atoms with Gasteiger partial charge in [-0.05, 0) is 114 Å². The number of phenols is 1. The molecule has 0 unspecified atom stereocenters. The van der Waals surface area contributed by atoms with Gasteiger partial charge in [-0.2, -0.15) is 0 Å². The van der Waals surface area contributed by atoms with Gasteiger partial charge in [-0.15, -0.1) is 0 Å². The van der Waals surface area contributed by atoms with Gasteiger partial charge in [0.15, 0.2) is 0 Å². The molecule has 3 nitrogen and oxygen atoms in total. The number of aromatic hydroxyl groups is 1. The second-order valence-corrected chi connectivity index (χ2v) is 10.0. The Balaban J connectivity index is 1.41. The Labute approximate surface area is 176 Å². The van der Waals surface area contributed by atoms with E-state index in [1.807, 2.05) is 24.3 Å². The van der Waals surface area contributed by atoms with E-state index in [9.17, 15) is 15.0 Å². The number of carbonyl (C=O) groups is 1. The van der Waals surface area contributed by atoms with Crippen LogP contribution in [-0.2, 0) is 5.41 Å². The minimum absolute atomic E-state index is 0.155.